The fourth-order valence-electron chi connectivity index (χ4n) is 2.23. The molecule has 0 aliphatic rings. The third kappa shape index (κ3) is 5.31. The normalized spacial score (nSPS) is 11.6. The zero-order valence-electron chi connectivity index (χ0n) is 12.7. The summed E-state index contributed by atoms with van der Waals surface area (Å²) in [5.74, 6) is 0. The highest BCUT2D eigenvalue weighted by Crippen LogP contribution is 2.13. The first-order valence-corrected chi connectivity index (χ1v) is 10.9. The van der Waals surface area contributed by atoms with Gasteiger partial charge in [0.2, 0.25) is 0 Å². The molecule has 2 heteroatoms. The summed E-state index contributed by atoms with van der Waals surface area (Å²) < 4.78 is 5.76. The summed E-state index contributed by atoms with van der Waals surface area (Å²) in [7, 11) is -1.02. The van der Waals surface area contributed by atoms with Crippen molar-refractivity contribution in [2.24, 2.45) is 0 Å². The second-order valence-electron chi connectivity index (χ2n) is 6.53. The van der Waals surface area contributed by atoms with Crippen molar-refractivity contribution in [2.45, 2.75) is 38.9 Å². The van der Waals surface area contributed by atoms with Crippen LogP contribution in [0.3, 0.4) is 0 Å². The molecule has 0 radical (unpaired) electrons. The minimum atomic E-state index is -1.02. The van der Waals surface area contributed by atoms with Crippen LogP contribution in [0.1, 0.15) is 16.7 Å². The van der Waals surface area contributed by atoms with Crippen molar-refractivity contribution >= 4 is 8.07 Å². The summed E-state index contributed by atoms with van der Waals surface area (Å²) in [5.41, 5.74) is 3.93. The SMILES string of the molecule is C[Si](C)(C)Cc1ccc(COCc2ccccc2)cc1. The van der Waals surface area contributed by atoms with Crippen LogP contribution in [0, 0.1) is 0 Å². The highest BCUT2D eigenvalue weighted by molar-refractivity contribution is 6.75. The molecule has 0 saturated heterocycles. The minimum Gasteiger partial charge on any atom is -0.372 e. The Morgan fingerprint density at radius 2 is 1.20 bits per heavy atom. The smallest absolute Gasteiger partial charge is 0.0721 e. The van der Waals surface area contributed by atoms with Crippen molar-refractivity contribution in [3.63, 3.8) is 0 Å². The van der Waals surface area contributed by atoms with Crippen molar-refractivity contribution in [1.82, 2.24) is 0 Å². The van der Waals surface area contributed by atoms with Gasteiger partial charge in [-0.1, -0.05) is 79.8 Å². The van der Waals surface area contributed by atoms with Gasteiger partial charge in [-0.25, -0.2) is 0 Å². The Bertz CT molecular complexity index is 511. The minimum absolute atomic E-state index is 0.678. The molecule has 106 valence electrons. The molecule has 0 atom stereocenters. The second kappa shape index (κ2) is 6.87. The molecular weight excluding hydrogens is 260 g/mol. The maximum Gasteiger partial charge on any atom is 0.0721 e. The van der Waals surface area contributed by atoms with E-state index in [1.807, 2.05) is 18.2 Å². The van der Waals surface area contributed by atoms with Gasteiger partial charge in [0.15, 0.2) is 0 Å². The molecule has 0 aliphatic carbocycles. The van der Waals surface area contributed by atoms with Gasteiger partial charge in [0.05, 0.1) is 13.2 Å². The Hall–Kier alpha value is -1.38. The van der Waals surface area contributed by atoms with Crippen LogP contribution in [0.2, 0.25) is 19.6 Å². The predicted molar refractivity (Wildman–Crippen MR) is 88.4 cm³/mol. The van der Waals surface area contributed by atoms with Gasteiger partial charge in [-0.2, -0.15) is 0 Å². The van der Waals surface area contributed by atoms with E-state index in [-0.39, 0.29) is 0 Å². The molecular formula is C18H24OSi. The zero-order valence-corrected chi connectivity index (χ0v) is 13.7. The average molecular weight is 284 g/mol. The molecule has 20 heavy (non-hydrogen) atoms. The molecule has 2 aromatic carbocycles. The fourth-order valence-corrected chi connectivity index (χ4v) is 3.69. The summed E-state index contributed by atoms with van der Waals surface area (Å²) in [6.45, 7) is 8.58. The molecule has 0 heterocycles. The molecule has 2 rings (SSSR count). The Morgan fingerprint density at radius 1 is 0.700 bits per heavy atom. The molecule has 0 spiro atoms. The molecule has 1 nitrogen and oxygen atoms in total. The lowest BCUT2D eigenvalue weighted by Gasteiger charge is -2.15. The molecule has 0 unspecified atom stereocenters. The number of rotatable bonds is 6. The van der Waals surface area contributed by atoms with Gasteiger partial charge >= 0.3 is 0 Å². The van der Waals surface area contributed by atoms with Gasteiger partial charge in [-0.3, -0.25) is 0 Å². The summed E-state index contributed by atoms with van der Waals surface area (Å²) in [5, 5.41) is 0. The van der Waals surface area contributed by atoms with Gasteiger partial charge in [0.25, 0.3) is 0 Å². The maximum absolute atomic E-state index is 5.76. The van der Waals surface area contributed by atoms with Crippen LogP contribution in [0.4, 0.5) is 0 Å². The average Bonchev–Trinajstić information content (AvgIpc) is 2.40. The van der Waals surface area contributed by atoms with Crippen molar-refractivity contribution < 1.29 is 4.74 Å². The summed E-state index contributed by atoms with van der Waals surface area (Å²) in [6, 6.07) is 20.4. The quantitative estimate of drug-likeness (QED) is 0.691. The van der Waals surface area contributed by atoms with Crippen molar-refractivity contribution in [3.05, 3.63) is 71.3 Å². The first-order chi connectivity index (χ1) is 9.53. The molecule has 2 aromatic rings. The van der Waals surface area contributed by atoms with E-state index in [1.54, 1.807) is 0 Å². The first-order valence-electron chi connectivity index (χ1n) is 7.22. The molecule has 0 saturated carbocycles. The highest BCUT2D eigenvalue weighted by atomic mass is 28.3. The van der Waals surface area contributed by atoms with Crippen molar-refractivity contribution in [3.8, 4) is 0 Å². The Kier molecular flexibility index (Phi) is 5.15. The zero-order chi connectivity index (χ0) is 14.4. The largest absolute Gasteiger partial charge is 0.372 e. The standard InChI is InChI=1S/C18H24OSi/c1-20(2,3)15-18-11-9-17(10-12-18)14-19-13-16-7-5-4-6-8-16/h4-12H,13-15H2,1-3H3. The van der Waals surface area contributed by atoms with Gasteiger partial charge in [-0.05, 0) is 17.2 Å². The molecule has 0 amide bonds. The van der Waals surface area contributed by atoms with Crippen LogP contribution in [-0.2, 0) is 24.0 Å². The Morgan fingerprint density at radius 3 is 1.75 bits per heavy atom. The van der Waals surface area contributed by atoms with Gasteiger partial charge < -0.3 is 4.74 Å². The van der Waals surface area contributed by atoms with Crippen LogP contribution in [-0.4, -0.2) is 8.07 Å². The second-order valence-corrected chi connectivity index (χ2v) is 12.0. The topological polar surface area (TPSA) is 9.23 Å². The maximum atomic E-state index is 5.76. The van der Waals surface area contributed by atoms with Crippen LogP contribution in [0.5, 0.6) is 0 Å². The van der Waals surface area contributed by atoms with Crippen LogP contribution in [0.25, 0.3) is 0 Å². The lowest BCUT2D eigenvalue weighted by molar-refractivity contribution is 0.107. The van der Waals surface area contributed by atoms with Crippen molar-refractivity contribution in [2.75, 3.05) is 0 Å². The van der Waals surface area contributed by atoms with E-state index >= 15 is 0 Å². The summed E-state index contributed by atoms with van der Waals surface area (Å²) in [4.78, 5) is 0. The number of hydrogen-bond acceptors (Lipinski definition) is 1. The molecule has 0 aliphatic heterocycles. The van der Waals surface area contributed by atoms with Crippen LogP contribution in [0.15, 0.2) is 54.6 Å². The third-order valence-electron chi connectivity index (χ3n) is 3.14. The Balaban J connectivity index is 1.82. The van der Waals surface area contributed by atoms with E-state index in [9.17, 15) is 0 Å². The molecule has 0 fully saturated rings. The summed E-state index contributed by atoms with van der Waals surface area (Å²) >= 11 is 0. The molecule has 0 N–H and O–H groups in total. The van der Waals surface area contributed by atoms with E-state index in [4.69, 9.17) is 4.74 Å². The van der Waals surface area contributed by atoms with E-state index in [0.29, 0.717) is 13.2 Å². The third-order valence-corrected chi connectivity index (χ3v) is 4.61. The number of ether oxygens (including phenoxy) is 1. The van der Waals surface area contributed by atoms with E-state index in [1.165, 1.54) is 22.7 Å². The number of benzene rings is 2. The predicted octanol–water partition coefficient (Wildman–Crippen LogP) is 4.82. The van der Waals surface area contributed by atoms with Crippen molar-refractivity contribution in [1.29, 1.82) is 0 Å². The lowest BCUT2D eigenvalue weighted by atomic mass is 10.2. The fraction of sp³-hybridized carbons (Fsp3) is 0.333. The van der Waals surface area contributed by atoms with Gasteiger partial charge in [-0.15, -0.1) is 0 Å². The van der Waals surface area contributed by atoms with E-state index in [2.05, 4.69) is 56.0 Å². The van der Waals surface area contributed by atoms with Crippen LogP contribution < -0.4 is 0 Å². The van der Waals surface area contributed by atoms with Crippen LogP contribution >= 0.6 is 0 Å². The monoisotopic (exact) mass is 284 g/mol. The molecule has 0 bridgehead atoms. The molecule has 0 aromatic heterocycles. The van der Waals surface area contributed by atoms with E-state index in [0.717, 1.165) is 0 Å². The Labute approximate surface area is 123 Å². The van der Waals surface area contributed by atoms with Gasteiger partial charge in [0, 0.05) is 8.07 Å². The van der Waals surface area contributed by atoms with E-state index < -0.39 is 8.07 Å². The number of hydrogen-bond donors (Lipinski definition) is 0. The lowest BCUT2D eigenvalue weighted by Crippen LogP contribution is -2.23. The van der Waals surface area contributed by atoms with Gasteiger partial charge in [0.1, 0.15) is 0 Å². The highest BCUT2D eigenvalue weighted by Gasteiger charge is 2.13. The first kappa shape index (κ1) is 15.0. The summed E-state index contributed by atoms with van der Waals surface area (Å²) in [6.07, 6.45) is 0.